The van der Waals surface area contributed by atoms with Crippen molar-refractivity contribution >= 4 is 22.4 Å². The van der Waals surface area contributed by atoms with Crippen molar-refractivity contribution in [3.8, 4) is 0 Å². The Bertz CT molecular complexity index is 556. The van der Waals surface area contributed by atoms with Crippen molar-refractivity contribution in [1.29, 1.82) is 0 Å². The largest absolute Gasteiger partial charge is 0.309 e. The van der Waals surface area contributed by atoms with Gasteiger partial charge < -0.3 is 5.32 Å². The zero-order valence-corrected chi connectivity index (χ0v) is 13.0. The second kappa shape index (κ2) is 7.58. The van der Waals surface area contributed by atoms with Crippen LogP contribution in [0.2, 0.25) is 5.02 Å². The maximum absolute atomic E-state index is 12.4. The summed E-state index contributed by atoms with van der Waals surface area (Å²) in [5, 5.41) is 4.06. The Kier molecular flexibility index (Phi) is 5.77. The highest BCUT2D eigenvalue weighted by atomic mass is 35.5. The van der Waals surface area contributed by atoms with Gasteiger partial charge in [-0.1, -0.05) is 48.9 Å². The maximum atomic E-state index is 12.4. The van der Waals surface area contributed by atoms with Gasteiger partial charge in [-0.15, -0.1) is 0 Å². The molecule has 0 fully saturated rings. The molecule has 2 aromatic carbocycles. The molecule has 2 atom stereocenters. The summed E-state index contributed by atoms with van der Waals surface area (Å²) in [7, 11) is -1.04. The summed E-state index contributed by atoms with van der Waals surface area (Å²) in [6.07, 6.45) is 0. The van der Waals surface area contributed by atoms with Crippen LogP contribution in [-0.4, -0.2) is 16.5 Å². The van der Waals surface area contributed by atoms with Gasteiger partial charge in [0.2, 0.25) is 0 Å². The molecule has 0 radical (unpaired) electrons. The molecular weight excluding hydrogens is 290 g/mol. The third-order valence-electron chi connectivity index (χ3n) is 3.05. The van der Waals surface area contributed by atoms with Crippen LogP contribution < -0.4 is 5.32 Å². The van der Waals surface area contributed by atoms with E-state index < -0.39 is 10.8 Å². The lowest BCUT2D eigenvalue weighted by atomic mass is 10.1. The zero-order valence-electron chi connectivity index (χ0n) is 11.4. The van der Waals surface area contributed by atoms with E-state index in [2.05, 4.69) is 24.4 Å². The summed E-state index contributed by atoms with van der Waals surface area (Å²) in [6.45, 7) is 2.90. The lowest BCUT2D eigenvalue weighted by molar-refractivity contribution is 0.594. The molecule has 0 aliphatic carbocycles. The Labute approximate surface area is 127 Å². The molecule has 0 bridgehead atoms. The van der Waals surface area contributed by atoms with Gasteiger partial charge in [0.05, 0.1) is 10.8 Å². The molecule has 2 rings (SSSR count). The van der Waals surface area contributed by atoms with Crippen molar-refractivity contribution in [2.24, 2.45) is 0 Å². The van der Waals surface area contributed by atoms with Gasteiger partial charge in [0.25, 0.3) is 0 Å². The van der Waals surface area contributed by atoms with Gasteiger partial charge >= 0.3 is 0 Å². The second-order valence-electron chi connectivity index (χ2n) is 4.49. The minimum absolute atomic E-state index is 0.0951. The molecule has 4 heteroatoms. The van der Waals surface area contributed by atoms with E-state index in [-0.39, 0.29) is 6.04 Å². The molecule has 0 saturated carbocycles. The van der Waals surface area contributed by atoms with E-state index in [1.807, 2.05) is 30.3 Å². The maximum Gasteiger partial charge on any atom is 0.0548 e. The average molecular weight is 308 g/mol. The Morgan fingerprint density at radius 1 is 1.10 bits per heavy atom. The van der Waals surface area contributed by atoms with Crippen LogP contribution in [0.15, 0.2) is 59.5 Å². The minimum Gasteiger partial charge on any atom is -0.309 e. The smallest absolute Gasteiger partial charge is 0.0548 e. The van der Waals surface area contributed by atoms with Crippen LogP contribution in [0.1, 0.15) is 18.5 Å². The Hall–Kier alpha value is -1.16. The molecule has 0 saturated heterocycles. The van der Waals surface area contributed by atoms with Crippen molar-refractivity contribution in [3.63, 3.8) is 0 Å². The standard InChI is InChI=1S/C16H18ClNOS/c1-2-18-16(13-6-4-3-5-7-13)12-20(19)15-10-8-14(17)9-11-15/h3-11,16,18H,2,12H2,1H3. The van der Waals surface area contributed by atoms with Crippen LogP contribution in [0.25, 0.3) is 0 Å². The molecule has 1 N–H and O–H groups in total. The number of hydrogen-bond donors (Lipinski definition) is 1. The summed E-state index contributed by atoms with van der Waals surface area (Å²) >= 11 is 5.86. The average Bonchev–Trinajstić information content (AvgIpc) is 2.48. The molecule has 0 aromatic heterocycles. The topological polar surface area (TPSA) is 29.1 Å². The van der Waals surface area contributed by atoms with E-state index in [0.29, 0.717) is 10.8 Å². The van der Waals surface area contributed by atoms with Gasteiger partial charge in [-0.2, -0.15) is 0 Å². The van der Waals surface area contributed by atoms with Gasteiger partial charge in [0.15, 0.2) is 0 Å². The fourth-order valence-electron chi connectivity index (χ4n) is 2.04. The van der Waals surface area contributed by atoms with Gasteiger partial charge in [0.1, 0.15) is 0 Å². The Morgan fingerprint density at radius 2 is 1.75 bits per heavy atom. The van der Waals surface area contributed by atoms with Crippen LogP contribution in [0.4, 0.5) is 0 Å². The first kappa shape index (κ1) is 15.2. The molecule has 0 amide bonds. The molecule has 0 spiro atoms. The Balaban J connectivity index is 2.12. The highest BCUT2D eigenvalue weighted by Crippen LogP contribution is 2.18. The van der Waals surface area contributed by atoms with E-state index >= 15 is 0 Å². The van der Waals surface area contributed by atoms with Crippen LogP contribution in [0.3, 0.4) is 0 Å². The van der Waals surface area contributed by atoms with Crippen molar-refractivity contribution in [3.05, 3.63) is 65.2 Å². The van der Waals surface area contributed by atoms with Gasteiger partial charge in [-0.25, -0.2) is 0 Å². The number of halogens is 1. The van der Waals surface area contributed by atoms with Crippen molar-refractivity contribution < 1.29 is 4.21 Å². The zero-order chi connectivity index (χ0) is 14.4. The number of hydrogen-bond acceptors (Lipinski definition) is 2. The third kappa shape index (κ3) is 4.17. The molecule has 2 nitrogen and oxygen atoms in total. The fourth-order valence-corrected chi connectivity index (χ4v) is 3.41. The van der Waals surface area contributed by atoms with Gasteiger partial charge in [-0.3, -0.25) is 4.21 Å². The molecule has 2 aromatic rings. The minimum atomic E-state index is -1.04. The lowest BCUT2D eigenvalue weighted by Crippen LogP contribution is -2.26. The van der Waals surface area contributed by atoms with E-state index in [1.54, 1.807) is 12.1 Å². The lowest BCUT2D eigenvalue weighted by Gasteiger charge is -2.18. The highest BCUT2D eigenvalue weighted by Gasteiger charge is 2.15. The molecule has 0 aliphatic heterocycles. The van der Waals surface area contributed by atoms with Crippen molar-refractivity contribution in [1.82, 2.24) is 5.32 Å². The second-order valence-corrected chi connectivity index (χ2v) is 6.42. The van der Waals surface area contributed by atoms with Crippen LogP contribution in [-0.2, 0) is 10.8 Å². The number of nitrogens with one attached hydrogen (secondary N) is 1. The van der Waals surface area contributed by atoms with E-state index in [0.717, 1.165) is 17.0 Å². The van der Waals surface area contributed by atoms with Crippen molar-refractivity contribution in [2.75, 3.05) is 12.3 Å². The first-order valence-electron chi connectivity index (χ1n) is 6.63. The normalized spacial score (nSPS) is 13.9. The summed E-state index contributed by atoms with van der Waals surface area (Å²) in [5.74, 6) is 0.555. The van der Waals surface area contributed by atoms with Crippen LogP contribution >= 0.6 is 11.6 Å². The predicted molar refractivity (Wildman–Crippen MR) is 85.6 cm³/mol. The molecule has 106 valence electrons. The third-order valence-corrected chi connectivity index (χ3v) is 4.73. The molecule has 2 unspecified atom stereocenters. The van der Waals surface area contributed by atoms with E-state index in [4.69, 9.17) is 11.6 Å². The van der Waals surface area contributed by atoms with E-state index in [9.17, 15) is 4.21 Å². The number of rotatable bonds is 6. The van der Waals surface area contributed by atoms with Crippen LogP contribution in [0.5, 0.6) is 0 Å². The summed E-state index contributed by atoms with van der Waals surface area (Å²) in [6, 6.07) is 17.4. The molecule has 0 aliphatic rings. The first-order chi connectivity index (χ1) is 9.70. The van der Waals surface area contributed by atoms with Crippen LogP contribution in [0, 0.1) is 0 Å². The summed E-state index contributed by atoms with van der Waals surface area (Å²) < 4.78 is 12.4. The number of benzene rings is 2. The molecule has 20 heavy (non-hydrogen) atoms. The van der Waals surface area contributed by atoms with Gasteiger partial charge in [0, 0.05) is 21.7 Å². The Morgan fingerprint density at radius 3 is 2.35 bits per heavy atom. The fraction of sp³-hybridized carbons (Fsp3) is 0.250. The predicted octanol–water partition coefficient (Wildman–Crippen LogP) is 3.80. The van der Waals surface area contributed by atoms with Gasteiger partial charge in [-0.05, 0) is 36.4 Å². The van der Waals surface area contributed by atoms with Crippen molar-refractivity contribution in [2.45, 2.75) is 17.9 Å². The first-order valence-corrected chi connectivity index (χ1v) is 8.32. The van der Waals surface area contributed by atoms with E-state index in [1.165, 1.54) is 0 Å². The SMILES string of the molecule is CCNC(CS(=O)c1ccc(Cl)cc1)c1ccccc1. The summed E-state index contributed by atoms with van der Waals surface area (Å²) in [5.41, 5.74) is 1.16. The summed E-state index contributed by atoms with van der Waals surface area (Å²) in [4.78, 5) is 0.813. The molecule has 0 heterocycles. The molecular formula is C16H18ClNOS. The quantitative estimate of drug-likeness (QED) is 0.879. The monoisotopic (exact) mass is 307 g/mol. The highest BCUT2D eigenvalue weighted by molar-refractivity contribution is 7.85.